The van der Waals surface area contributed by atoms with E-state index in [4.69, 9.17) is 4.74 Å². The van der Waals surface area contributed by atoms with Gasteiger partial charge in [0, 0.05) is 30.0 Å². The summed E-state index contributed by atoms with van der Waals surface area (Å²) < 4.78 is 7.11. The highest BCUT2D eigenvalue weighted by Gasteiger charge is 2.15. The molecule has 0 aliphatic heterocycles. The summed E-state index contributed by atoms with van der Waals surface area (Å²) >= 11 is 0. The van der Waals surface area contributed by atoms with E-state index in [1.165, 1.54) is 4.52 Å². The molecule has 0 saturated heterocycles. The number of hydrogen-bond donors (Lipinski definition) is 1. The molecule has 0 atom stereocenters. The third-order valence-electron chi connectivity index (χ3n) is 3.83. The second-order valence-corrected chi connectivity index (χ2v) is 5.80. The Bertz CT molecular complexity index is 1130. The largest absolute Gasteiger partial charge is 0.424 e. The summed E-state index contributed by atoms with van der Waals surface area (Å²) in [4.78, 5) is 28.8. The van der Waals surface area contributed by atoms with Gasteiger partial charge >= 0.3 is 6.01 Å². The summed E-state index contributed by atoms with van der Waals surface area (Å²) in [6.45, 7) is 3.72. The predicted molar refractivity (Wildman–Crippen MR) is 96.8 cm³/mol. The number of carbonyl (C=O) groups is 1. The number of nitrogens with zero attached hydrogens (tertiary/aromatic N) is 6. The van der Waals surface area contributed by atoms with Gasteiger partial charge in [0.1, 0.15) is 5.75 Å². The zero-order valence-electron chi connectivity index (χ0n) is 14.6. The summed E-state index contributed by atoms with van der Waals surface area (Å²) in [5.74, 6) is 0.586. The zero-order valence-corrected chi connectivity index (χ0v) is 14.6. The van der Waals surface area contributed by atoms with Gasteiger partial charge in [-0.05, 0) is 49.7 Å². The molecule has 27 heavy (non-hydrogen) atoms. The number of aromatic nitrogens is 6. The summed E-state index contributed by atoms with van der Waals surface area (Å²) in [6, 6.07) is 9.01. The molecule has 1 amide bonds. The van der Waals surface area contributed by atoms with Crippen molar-refractivity contribution < 1.29 is 9.53 Å². The van der Waals surface area contributed by atoms with Crippen molar-refractivity contribution in [2.45, 2.75) is 13.8 Å². The average Bonchev–Trinajstić information content (AvgIpc) is 3.11. The maximum Gasteiger partial charge on any atom is 0.321 e. The van der Waals surface area contributed by atoms with Gasteiger partial charge in [0.15, 0.2) is 0 Å². The monoisotopic (exact) mass is 361 g/mol. The topological polar surface area (TPSA) is 107 Å². The molecule has 0 aliphatic carbocycles. The smallest absolute Gasteiger partial charge is 0.321 e. The third-order valence-corrected chi connectivity index (χ3v) is 3.83. The van der Waals surface area contributed by atoms with Crippen LogP contribution in [0.5, 0.6) is 11.8 Å². The number of nitrogens with one attached hydrogen (secondary N) is 1. The minimum absolute atomic E-state index is 0.0502. The maximum atomic E-state index is 12.5. The molecule has 3 aromatic heterocycles. The lowest BCUT2D eigenvalue weighted by Crippen LogP contribution is -2.14. The second-order valence-electron chi connectivity index (χ2n) is 5.80. The van der Waals surface area contributed by atoms with Crippen LogP contribution < -0.4 is 10.1 Å². The number of amides is 1. The van der Waals surface area contributed by atoms with Gasteiger partial charge < -0.3 is 10.1 Å². The highest BCUT2D eigenvalue weighted by molar-refractivity contribution is 6.02. The van der Waals surface area contributed by atoms with Crippen LogP contribution in [0.15, 0.2) is 48.9 Å². The van der Waals surface area contributed by atoms with E-state index >= 15 is 0 Å². The summed E-state index contributed by atoms with van der Waals surface area (Å²) in [5, 5.41) is 7.01. The van der Waals surface area contributed by atoms with Gasteiger partial charge in [-0.1, -0.05) is 0 Å². The fourth-order valence-corrected chi connectivity index (χ4v) is 2.46. The first kappa shape index (κ1) is 16.6. The molecule has 9 heteroatoms. The van der Waals surface area contributed by atoms with Crippen LogP contribution in [0.1, 0.15) is 21.9 Å². The highest BCUT2D eigenvalue weighted by Crippen LogP contribution is 2.24. The Labute approximate surface area is 154 Å². The van der Waals surface area contributed by atoms with Crippen molar-refractivity contribution >= 4 is 17.4 Å². The van der Waals surface area contributed by atoms with Crippen molar-refractivity contribution in [1.29, 1.82) is 0 Å². The van der Waals surface area contributed by atoms with Crippen molar-refractivity contribution in [3.63, 3.8) is 0 Å². The first-order valence-corrected chi connectivity index (χ1v) is 8.15. The van der Waals surface area contributed by atoms with Crippen molar-refractivity contribution in [2.24, 2.45) is 0 Å². The normalized spacial score (nSPS) is 10.7. The Balaban J connectivity index is 1.53. The molecule has 0 fully saturated rings. The lowest BCUT2D eigenvalue weighted by atomic mass is 10.2. The van der Waals surface area contributed by atoms with Crippen LogP contribution in [-0.4, -0.2) is 35.5 Å². The van der Waals surface area contributed by atoms with Crippen molar-refractivity contribution in [1.82, 2.24) is 29.5 Å². The lowest BCUT2D eigenvalue weighted by molar-refractivity contribution is 0.101. The van der Waals surface area contributed by atoms with Crippen LogP contribution in [0, 0.1) is 13.8 Å². The molecule has 4 aromatic rings. The molecular formula is C18H15N7O2. The molecule has 0 aliphatic rings. The number of fused-ring (bicyclic) bond motifs is 1. The van der Waals surface area contributed by atoms with E-state index in [1.807, 2.05) is 13.8 Å². The van der Waals surface area contributed by atoms with Gasteiger partial charge in [0.05, 0.1) is 0 Å². The predicted octanol–water partition coefficient (Wildman–Crippen LogP) is 2.58. The Kier molecular flexibility index (Phi) is 4.17. The Morgan fingerprint density at radius 3 is 2.63 bits per heavy atom. The molecule has 0 saturated carbocycles. The van der Waals surface area contributed by atoms with Crippen LogP contribution in [0.4, 0.5) is 5.69 Å². The fourth-order valence-electron chi connectivity index (χ4n) is 2.46. The Morgan fingerprint density at radius 2 is 1.89 bits per heavy atom. The molecule has 1 N–H and O–H groups in total. The van der Waals surface area contributed by atoms with Crippen LogP contribution >= 0.6 is 0 Å². The van der Waals surface area contributed by atoms with Gasteiger partial charge in [0.25, 0.3) is 11.7 Å². The van der Waals surface area contributed by atoms with Crippen molar-refractivity contribution in [3.8, 4) is 11.8 Å². The van der Waals surface area contributed by atoms with E-state index in [1.54, 1.807) is 48.9 Å². The lowest BCUT2D eigenvalue weighted by Gasteiger charge is -2.09. The van der Waals surface area contributed by atoms with Crippen molar-refractivity contribution in [2.75, 3.05) is 5.32 Å². The van der Waals surface area contributed by atoms with Gasteiger partial charge in [-0.25, -0.2) is 19.5 Å². The molecule has 4 rings (SSSR count). The number of aryl methyl sites for hydroxylation is 2. The second kappa shape index (κ2) is 6.79. The molecule has 0 radical (unpaired) electrons. The first-order valence-electron chi connectivity index (χ1n) is 8.15. The summed E-state index contributed by atoms with van der Waals surface area (Å²) in [7, 11) is 0. The van der Waals surface area contributed by atoms with Crippen LogP contribution in [0.25, 0.3) is 5.78 Å². The molecule has 1 aromatic carbocycles. The quantitative estimate of drug-likeness (QED) is 0.595. The molecule has 0 spiro atoms. The zero-order chi connectivity index (χ0) is 18.8. The van der Waals surface area contributed by atoms with Crippen LogP contribution in [0.3, 0.4) is 0 Å². The number of hydrogen-bond acceptors (Lipinski definition) is 7. The van der Waals surface area contributed by atoms with E-state index in [-0.39, 0.29) is 11.8 Å². The summed E-state index contributed by atoms with van der Waals surface area (Å²) in [5.41, 5.74) is 2.28. The van der Waals surface area contributed by atoms with E-state index in [9.17, 15) is 4.79 Å². The molecule has 9 nitrogen and oxygen atoms in total. The number of carbonyl (C=O) groups excluding carboxylic acids is 1. The number of rotatable bonds is 4. The van der Waals surface area contributed by atoms with E-state index in [0.717, 1.165) is 11.3 Å². The van der Waals surface area contributed by atoms with Crippen molar-refractivity contribution in [3.05, 3.63) is 66.0 Å². The van der Waals surface area contributed by atoms with Gasteiger partial charge in [-0.2, -0.15) is 4.98 Å². The molecule has 134 valence electrons. The van der Waals surface area contributed by atoms with Gasteiger partial charge in [0.2, 0.25) is 5.82 Å². The number of ether oxygens (including phenoxy) is 1. The SMILES string of the molecule is Cc1cc(Oc2ncccn2)ccc1NC(=O)c1nc2nccc(C)n2n1. The third kappa shape index (κ3) is 3.43. The minimum atomic E-state index is -0.414. The number of anilines is 1. The van der Waals surface area contributed by atoms with E-state index < -0.39 is 5.91 Å². The highest BCUT2D eigenvalue weighted by atomic mass is 16.5. The van der Waals surface area contributed by atoms with Gasteiger partial charge in [-0.3, -0.25) is 4.79 Å². The van der Waals surface area contributed by atoms with Crippen LogP contribution in [-0.2, 0) is 0 Å². The van der Waals surface area contributed by atoms with E-state index in [0.29, 0.717) is 17.2 Å². The Morgan fingerprint density at radius 1 is 1.07 bits per heavy atom. The molecular weight excluding hydrogens is 346 g/mol. The minimum Gasteiger partial charge on any atom is -0.424 e. The molecule has 0 bridgehead atoms. The molecule has 0 unspecified atom stereocenters. The molecule has 3 heterocycles. The van der Waals surface area contributed by atoms with Crippen LogP contribution in [0.2, 0.25) is 0 Å². The maximum absolute atomic E-state index is 12.5. The van der Waals surface area contributed by atoms with Gasteiger partial charge in [-0.15, -0.1) is 5.10 Å². The first-order chi connectivity index (χ1) is 13.1. The van der Waals surface area contributed by atoms with E-state index in [2.05, 4.69) is 30.4 Å². The average molecular weight is 361 g/mol. The standard InChI is InChI=1S/C18H15N7O2/c1-11-10-13(27-18-20-7-3-8-21-18)4-5-14(11)22-16(26)15-23-17-19-9-6-12(2)25(17)24-15/h3-10H,1-2H3,(H,22,26). The summed E-state index contributed by atoms with van der Waals surface area (Å²) in [6.07, 6.45) is 4.82. The Hall–Kier alpha value is -3.88. The fraction of sp³-hybridized carbons (Fsp3) is 0.111. The number of benzene rings is 1.